The fraction of sp³-hybridized carbons (Fsp3) is 0.276. The van der Waals surface area contributed by atoms with E-state index >= 15 is 0 Å². The second-order valence-electron chi connectivity index (χ2n) is 9.28. The van der Waals surface area contributed by atoms with Crippen LogP contribution < -0.4 is 21.5 Å². The van der Waals surface area contributed by atoms with Crippen LogP contribution in [0.5, 0.6) is 5.75 Å². The summed E-state index contributed by atoms with van der Waals surface area (Å²) in [6.07, 6.45) is 0. The summed E-state index contributed by atoms with van der Waals surface area (Å²) in [6.45, 7) is 7.41. The monoisotopic (exact) mass is 570 g/mol. The van der Waals surface area contributed by atoms with Crippen molar-refractivity contribution in [3.8, 4) is 11.4 Å². The minimum atomic E-state index is -4.06. The lowest BCUT2D eigenvalue weighted by atomic mass is 10.1. The summed E-state index contributed by atoms with van der Waals surface area (Å²) in [4.78, 5) is 14.7. The van der Waals surface area contributed by atoms with Crippen molar-refractivity contribution in [1.82, 2.24) is 4.57 Å². The van der Waals surface area contributed by atoms with Gasteiger partial charge in [-0.2, -0.15) is 8.42 Å². The number of nitrogens with zero attached hydrogens (tertiary/aromatic N) is 1. The Morgan fingerprint density at radius 1 is 1.00 bits per heavy atom. The van der Waals surface area contributed by atoms with Crippen LogP contribution in [0.3, 0.4) is 0 Å². The molecule has 0 unspecified atom stereocenters. The molecule has 0 radical (unpaired) electrons. The third kappa shape index (κ3) is 6.12. The van der Waals surface area contributed by atoms with E-state index in [9.17, 15) is 13.2 Å². The van der Waals surface area contributed by atoms with E-state index in [1.165, 1.54) is 17.0 Å². The van der Waals surface area contributed by atoms with Crippen LogP contribution in [0.1, 0.15) is 28.5 Å². The zero-order valence-corrected chi connectivity index (χ0v) is 23.4. The molecule has 2 heterocycles. The van der Waals surface area contributed by atoms with Gasteiger partial charge >= 0.3 is 16.1 Å². The molecule has 39 heavy (non-hydrogen) atoms. The highest BCUT2D eigenvalue weighted by Crippen LogP contribution is 2.34. The quantitative estimate of drug-likeness (QED) is 0.242. The van der Waals surface area contributed by atoms with Gasteiger partial charge in [-0.1, -0.05) is 35.9 Å². The molecular weight excluding hydrogens is 540 g/mol. The van der Waals surface area contributed by atoms with Crippen LogP contribution in [0, 0.1) is 6.92 Å². The normalized spacial score (nSPS) is 14.1. The van der Waals surface area contributed by atoms with Gasteiger partial charge in [-0.3, -0.25) is 0 Å². The van der Waals surface area contributed by atoms with E-state index in [-0.39, 0.29) is 29.7 Å². The lowest BCUT2D eigenvalue weighted by molar-refractivity contribution is -0.921. The summed E-state index contributed by atoms with van der Waals surface area (Å²) in [5, 5.41) is 0.576. The average Bonchev–Trinajstić information content (AvgIpc) is 3.22. The van der Waals surface area contributed by atoms with E-state index in [1.54, 1.807) is 37.3 Å². The molecule has 1 aliphatic heterocycles. The third-order valence-electron chi connectivity index (χ3n) is 6.66. The Bertz CT molecular complexity index is 1550. The highest BCUT2D eigenvalue weighted by molar-refractivity contribution is 7.87. The van der Waals surface area contributed by atoms with Gasteiger partial charge in [0, 0.05) is 11.1 Å². The Balaban J connectivity index is 0.00000353. The van der Waals surface area contributed by atoms with Gasteiger partial charge in [-0.25, -0.2) is 4.79 Å². The fourth-order valence-corrected chi connectivity index (χ4v) is 5.72. The van der Waals surface area contributed by atoms with Gasteiger partial charge in [0.25, 0.3) is 0 Å². The molecule has 1 aromatic heterocycles. The fourth-order valence-electron chi connectivity index (χ4n) is 4.80. The molecule has 206 valence electrons. The number of nitrogens with one attached hydrogen (secondary N) is 1. The van der Waals surface area contributed by atoms with Gasteiger partial charge in [-0.05, 0) is 56.3 Å². The molecule has 3 aromatic carbocycles. The number of carbonyl (C=O) groups excluding carboxylic acids is 1. The number of carbonyl (C=O) groups is 1. The first-order chi connectivity index (χ1) is 18.4. The summed E-state index contributed by atoms with van der Waals surface area (Å²) in [6, 6.07) is 21.3. The minimum Gasteiger partial charge on any atom is -1.00 e. The van der Waals surface area contributed by atoms with Crippen molar-refractivity contribution in [3.05, 3.63) is 89.6 Å². The van der Waals surface area contributed by atoms with E-state index in [2.05, 4.69) is 4.57 Å². The van der Waals surface area contributed by atoms with Crippen LogP contribution in [-0.2, 0) is 26.1 Å². The number of ether oxygens (including phenoxy) is 2. The number of quaternary nitrogens is 1. The van der Waals surface area contributed by atoms with Crippen LogP contribution in [0.25, 0.3) is 16.6 Å². The van der Waals surface area contributed by atoms with Crippen LogP contribution >= 0.6 is 0 Å². The Hall–Kier alpha value is -3.37. The Morgan fingerprint density at radius 2 is 1.69 bits per heavy atom. The van der Waals surface area contributed by atoms with Crippen molar-refractivity contribution in [2.24, 2.45) is 0 Å². The summed E-state index contributed by atoms with van der Waals surface area (Å²) in [5.41, 5.74) is 3.84. The molecule has 0 spiro atoms. The second kappa shape index (κ2) is 12.2. The number of esters is 1. The van der Waals surface area contributed by atoms with Crippen LogP contribution in [0.4, 0.5) is 0 Å². The van der Waals surface area contributed by atoms with Crippen LogP contribution in [0.15, 0.2) is 77.7 Å². The lowest BCUT2D eigenvalue weighted by Gasteiger charge is -2.25. The van der Waals surface area contributed by atoms with Crippen LogP contribution in [-0.4, -0.2) is 51.9 Å². The summed E-state index contributed by atoms with van der Waals surface area (Å²) >= 11 is 0. The van der Waals surface area contributed by atoms with E-state index in [0.29, 0.717) is 30.7 Å². The lowest BCUT2D eigenvalue weighted by Crippen LogP contribution is -3.12. The SMILES string of the molecule is CCOC(=O)c1c(C[NH+]2CCOCC2)n(-c2ccccc2)c2ccc(OS(=O)(=O)c3ccc(C)cc3)cc12.[Cl-]. The molecular formula is C29H31ClN2O6S. The maximum atomic E-state index is 13.4. The van der Waals surface area contributed by atoms with Gasteiger partial charge in [0.1, 0.15) is 30.3 Å². The van der Waals surface area contributed by atoms with Crippen molar-refractivity contribution in [2.45, 2.75) is 25.3 Å². The maximum absolute atomic E-state index is 13.4. The molecule has 0 bridgehead atoms. The summed E-state index contributed by atoms with van der Waals surface area (Å²) in [5.74, 6) is -0.326. The van der Waals surface area contributed by atoms with Crippen molar-refractivity contribution in [1.29, 1.82) is 0 Å². The molecule has 10 heteroatoms. The predicted molar refractivity (Wildman–Crippen MR) is 143 cm³/mol. The zero-order valence-electron chi connectivity index (χ0n) is 21.9. The topological polar surface area (TPSA) is 88.3 Å². The molecule has 0 saturated carbocycles. The van der Waals surface area contributed by atoms with Crippen molar-refractivity contribution in [3.63, 3.8) is 0 Å². The van der Waals surface area contributed by atoms with Crippen LogP contribution in [0.2, 0.25) is 0 Å². The first-order valence-corrected chi connectivity index (χ1v) is 14.1. The third-order valence-corrected chi connectivity index (χ3v) is 7.93. The number of aromatic nitrogens is 1. The largest absolute Gasteiger partial charge is 1.00 e. The van der Waals surface area contributed by atoms with Gasteiger partial charge in [-0.15, -0.1) is 0 Å². The number of halogens is 1. The van der Waals surface area contributed by atoms with Gasteiger partial charge < -0.3 is 35.5 Å². The number of hydrogen-bond donors (Lipinski definition) is 1. The molecule has 5 rings (SSSR count). The highest BCUT2D eigenvalue weighted by Gasteiger charge is 2.29. The maximum Gasteiger partial charge on any atom is 0.340 e. The number of rotatable bonds is 8. The van der Waals surface area contributed by atoms with E-state index in [1.807, 2.05) is 37.3 Å². The van der Waals surface area contributed by atoms with Gasteiger partial charge in [0.05, 0.1) is 36.6 Å². The second-order valence-corrected chi connectivity index (χ2v) is 10.8. The molecule has 1 fully saturated rings. The Kier molecular flexibility index (Phi) is 8.97. The smallest absolute Gasteiger partial charge is 0.340 e. The van der Waals surface area contributed by atoms with Crippen molar-refractivity contribution >= 4 is 27.0 Å². The number of para-hydroxylation sites is 1. The highest BCUT2D eigenvalue weighted by atomic mass is 35.5. The van der Waals surface area contributed by atoms with E-state index < -0.39 is 16.1 Å². The molecule has 0 atom stereocenters. The zero-order chi connectivity index (χ0) is 26.7. The van der Waals surface area contributed by atoms with E-state index in [4.69, 9.17) is 13.7 Å². The summed E-state index contributed by atoms with van der Waals surface area (Å²) < 4.78 is 44.6. The van der Waals surface area contributed by atoms with Gasteiger partial charge in [0.2, 0.25) is 0 Å². The minimum absolute atomic E-state index is 0. The van der Waals surface area contributed by atoms with Crippen molar-refractivity contribution in [2.75, 3.05) is 32.9 Å². The first kappa shape index (κ1) is 28.6. The Labute approximate surface area is 234 Å². The average molecular weight is 571 g/mol. The molecule has 0 aliphatic carbocycles. The number of fused-ring (bicyclic) bond motifs is 1. The molecule has 1 N–H and O–H groups in total. The molecule has 0 amide bonds. The molecule has 1 saturated heterocycles. The number of hydrogen-bond acceptors (Lipinski definition) is 6. The standard InChI is InChI=1S/C29H30N2O6S.ClH/c1-3-36-29(32)28-25-19-23(37-38(33,34)24-12-9-21(2)10-13-24)11-14-26(25)31(22-7-5-4-6-8-22)27(28)20-30-15-17-35-18-16-30;/h4-14,19H,3,15-18,20H2,1-2H3;1H. The number of aryl methyl sites for hydroxylation is 1. The summed E-state index contributed by atoms with van der Waals surface area (Å²) in [7, 11) is -4.06. The van der Waals surface area contributed by atoms with Gasteiger partial charge in [0.15, 0.2) is 0 Å². The predicted octanol–water partition coefficient (Wildman–Crippen LogP) is 0.302. The number of benzene rings is 3. The molecule has 8 nitrogen and oxygen atoms in total. The Morgan fingerprint density at radius 3 is 2.36 bits per heavy atom. The molecule has 4 aromatic rings. The molecule has 1 aliphatic rings. The van der Waals surface area contributed by atoms with Crippen molar-refractivity contribution < 1.29 is 44.2 Å². The van der Waals surface area contributed by atoms with E-state index in [0.717, 1.165) is 35.6 Å². The number of morpholine rings is 1. The first-order valence-electron chi connectivity index (χ1n) is 12.7.